The molecular formula is C23H25NOS. The van der Waals surface area contributed by atoms with Gasteiger partial charge in [0.2, 0.25) is 0 Å². The van der Waals surface area contributed by atoms with Gasteiger partial charge in [-0.05, 0) is 61.9 Å². The van der Waals surface area contributed by atoms with Gasteiger partial charge in [0.05, 0.1) is 5.92 Å². The maximum Gasteiger partial charge on any atom is 0.138 e. The largest absolute Gasteiger partial charge is 0.299 e. The van der Waals surface area contributed by atoms with Crippen LogP contribution in [0.1, 0.15) is 36.1 Å². The zero-order chi connectivity index (χ0) is 17.9. The van der Waals surface area contributed by atoms with E-state index in [0.29, 0.717) is 11.7 Å². The summed E-state index contributed by atoms with van der Waals surface area (Å²) in [4.78, 5) is 16.3. The number of likely N-dealkylation sites (tertiary alicyclic amines) is 1. The van der Waals surface area contributed by atoms with Gasteiger partial charge in [-0.1, -0.05) is 48.5 Å². The number of carbonyl (C=O) groups excluding carboxylic acids is 1. The molecule has 1 aliphatic rings. The monoisotopic (exact) mass is 363 g/mol. The summed E-state index contributed by atoms with van der Waals surface area (Å²) in [5.74, 6) is 0.844. The Labute approximate surface area is 159 Å². The third kappa shape index (κ3) is 3.74. The van der Waals surface area contributed by atoms with Gasteiger partial charge in [0.1, 0.15) is 5.78 Å². The van der Waals surface area contributed by atoms with Crippen LogP contribution in [0.3, 0.4) is 0 Å². The van der Waals surface area contributed by atoms with Crippen molar-refractivity contribution in [3.8, 4) is 0 Å². The quantitative estimate of drug-likeness (QED) is 0.598. The molecule has 0 amide bonds. The van der Waals surface area contributed by atoms with Crippen molar-refractivity contribution in [3.05, 3.63) is 71.1 Å². The second-order valence-corrected chi connectivity index (χ2v) is 8.49. The van der Waals surface area contributed by atoms with Crippen LogP contribution in [0.15, 0.2) is 60.7 Å². The van der Waals surface area contributed by atoms with Gasteiger partial charge in [-0.15, -0.1) is 11.3 Å². The van der Waals surface area contributed by atoms with E-state index in [0.717, 1.165) is 32.5 Å². The molecule has 1 aromatic heterocycles. The number of hydrogen-bond acceptors (Lipinski definition) is 3. The summed E-state index contributed by atoms with van der Waals surface area (Å²) in [6.45, 7) is 4.94. The van der Waals surface area contributed by atoms with Crippen molar-refractivity contribution >= 4 is 27.2 Å². The molecule has 0 bridgehead atoms. The standard InChI is InChI=1S/C23H25NOS/c1-17(25)23(22-15-20-9-5-6-10-21(20)26-22)19-11-13-24(14-12-19)16-18-7-3-2-4-8-18/h2-10,15,19,23H,11-14,16H2,1H3. The summed E-state index contributed by atoms with van der Waals surface area (Å²) in [6, 6.07) is 21.4. The first kappa shape index (κ1) is 17.4. The van der Waals surface area contributed by atoms with Gasteiger partial charge >= 0.3 is 0 Å². The Hall–Kier alpha value is -1.97. The number of fused-ring (bicyclic) bond motifs is 1. The Balaban J connectivity index is 1.46. The number of benzene rings is 2. The Kier molecular flexibility index (Phi) is 5.18. The summed E-state index contributed by atoms with van der Waals surface area (Å²) in [7, 11) is 0. The number of piperidine rings is 1. The first-order chi connectivity index (χ1) is 12.7. The van der Waals surface area contributed by atoms with Crippen LogP contribution in [0.25, 0.3) is 10.1 Å². The first-order valence-electron chi connectivity index (χ1n) is 9.46. The van der Waals surface area contributed by atoms with Crippen LogP contribution in [0.4, 0.5) is 0 Å². The van der Waals surface area contributed by atoms with Crippen LogP contribution in [-0.4, -0.2) is 23.8 Å². The van der Waals surface area contributed by atoms with Crippen LogP contribution in [0, 0.1) is 5.92 Å². The van der Waals surface area contributed by atoms with Crippen LogP contribution in [-0.2, 0) is 11.3 Å². The number of Topliss-reactive ketones (excluding diaryl/α,β-unsaturated/α-hetero) is 1. The molecule has 1 aliphatic heterocycles. The molecule has 0 N–H and O–H groups in total. The topological polar surface area (TPSA) is 20.3 Å². The fraction of sp³-hybridized carbons (Fsp3) is 0.348. The fourth-order valence-corrected chi connectivity index (χ4v) is 5.52. The number of hydrogen-bond donors (Lipinski definition) is 0. The lowest BCUT2D eigenvalue weighted by atomic mass is 9.81. The molecule has 2 heterocycles. The van der Waals surface area contributed by atoms with Gasteiger partial charge in [-0.2, -0.15) is 0 Å². The minimum absolute atomic E-state index is 0.0614. The number of nitrogens with zero attached hydrogens (tertiary/aromatic N) is 1. The predicted molar refractivity (Wildman–Crippen MR) is 110 cm³/mol. The molecular weight excluding hydrogens is 338 g/mol. The lowest BCUT2D eigenvalue weighted by Crippen LogP contribution is -2.36. The van der Waals surface area contributed by atoms with Crippen molar-refractivity contribution in [2.24, 2.45) is 5.92 Å². The van der Waals surface area contributed by atoms with Crippen LogP contribution < -0.4 is 0 Å². The second-order valence-electron chi connectivity index (χ2n) is 7.37. The highest BCUT2D eigenvalue weighted by Gasteiger charge is 2.31. The normalized spacial score (nSPS) is 17.4. The molecule has 3 aromatic rings. The number of carbonyl (C=O) groups is 1. The summed E-state index contributed by atoms with van der Waals surface area (Å²) >= 11 is 1.80. The maximum atomic E-state index is 12.5. The van der Waals surface area contributed by atoms with E-state index in [2.05, 4.69) is 65.6 Å². The summed E-state index contributed by atoms with van der Waals surface area (Å²) in [5, 5.41) is 1.26. The van der Waals surface area contributed by atoms with E-state index in [1.54, 1.807) is 18.3 Å². The van der Waals surface area contributed by atoms with Gasteiger partial charge < -0.3 is 0 Å². The Morgan fingerprint density at radius 1 is 1.08 bits per heavy atom. The van der Waals surface area contributed by atoms with Crippen LogP contribution >= 0.6 is 11.3 Å². The lowest BCUT2D eigenvalue weighted by molar-refractivity contribution is -0.119. The molecule has 0 aliphatic carbocycles. The molecule has 0 radical (unpaired) electrons. The van der Waals surface area contributed by atoms with Gasteiger partial charge in [0.15, 0.2) is 0 Å². The molecule has 26 heavy (non-hydrogen) atoms. The molecule has 1 fully saturated rings. The Morgan fingerprint density at radius 2 is 1.77 bits per heavy atom. The highest BCUT2D eigenvalue weighted by atomic mass is 32.1. The molecule has 1 unspecified atom stereocenters. The molecule has 2 nitrogen and oxygen atoms in total. The maximum absolute atomic E-state index is 12.5. The van der Waals surface area contributed by atoms with E-state index >= 15 is 0 Å². The number of rotatable bonds is 5. The minimum Gasteiger partial charge on any atom is -0.299 e. The minimum atomic E-state index is 0.0614. The van der Waals surface area contributed by atoms with E-state index in [1.165, 1.54) is 20.5 Å². The fourth-order valence-electron chi connectivity index (χ4n) is 4.21. The van der Waals surface area contributed by atoms with E-state index in [1.807, 2.05) is 0 Å². The van der Waals surface area contributed by atoms with Crippen LogP contribution in [0.5, 0.6) is 0 Å². The van der Waals surface area contributed by atoms with E-state index in [4.69, 9.17) is 0 Å². The summed E-state index contributed by atoms with van der Waals surface area (Å²) in [6.07, 6.45) is 2.21. The van der Waals surface area contributed by atoms with Crippen molar-refractivity contribution in [1.82, 2.24) is 4.90 Å². The molecule has 0 saturated carbocycles. The zero-order valence-corrected chi connectivity index (χ0v) is 16.0. The third-order valence-corrected chi connectivity index (χ3v) is 6.74. The third-order valence-electron chi connectivity index (χ3n) is 5.54. The van der Waals surface area contributed by atoms with E-state index < -0.39 is 0 Å². The summed E-state index contributed by atoms with van der Waals surface area (Å²) < 4.78 is 1.29. The molecule has 4 rings (SSSR count). The molecule has 1 atom stereocenters. The van der Waals surface area contributed by atoms with Gasteiger partial charge in [0, 0.05) is 16.1 Å². The van der Waals surface area contributed by atoms with Crippen molar-refractivity contribution in [2.75, 3.05) is 13.1 Å². The number of ketones is 1. The first-order valence-corrected chi connectivity index (χ1v) is 10.3. The smallest absolute Gasteiger partial charge is 0.138 e. The highest BCUT2D eigenvalue weighted by Crippen LogP contribution is 2.39. The van der Waals surface area contributed by atoms with Crippen molar-refractivity contribution in [2.45, 2.75) is 32.2 Å². The molecule has 1 saturated heterocycles. The summed E-state index contributed by atoms with van der Waals surface area (Å²) in [5.41, 5.74) is 1.37. The van der Waals surface area contributed by atoms with Crippen molar-refractivity contribution in [3.63, 3.8) is 0 Å². The second kappa shape index (κ2) is 7.73. The molecule has 0 spiro atoms. The molecule has 3 heteroatoms. The Morgan fingerprint density at radius 3 is 2.46 bits per heavy atom. The lowest BCUT2D eigenvalue weighted by Gasteiger charge is -2.35. The van der Waals surface area contributed by atoms with Crippen LogP contribution in [0.2, 0.25) is 0 Å². The van der Waals surface area contributed by atoms with Gasteiger partial charge in [-0.3, -0.25) is 9.69 Å². The van der Waals surface area contributed by atoms with Crippen molar-refractivity contribution in [1.29, 1.82) is 0 Å². The van der Waals surface area contributed by atoms with E-state index in [-0.39, 0.29) is 5.92 Å². The zero-order valence-electron chi connectivity index (χ0n) is 15.2. The average molecular weight is 364 g/mol. The van der Waals surface area contributed by atoms with Crippen molar-refractivity contribution < 1.29 is 4.79 Å². The van der Waals surface area contributed by atoms with Gasteiger partial charge in [-0.25, -0.2) is 0 Å². The highest BCUT2D eigenvalue weighted by molar-refractivity contribution is 7.19. The SMILES string of the molecule is CC(=O)C(c1cc2ccccc2s1)C1CCN(Cc2ccccc2)CC1. The molecule has 2 aromatic carbocycles. The van der Waals surface area contributed by atoms with Gasteiger partial charge in [0.25, 0.3) is 0 Å². The number of thiophene rings is 1. The predicted octanol–water partition coefficient (Wildman–Crippen LogP) is 5.49. The average Bonchev–Trinajstić information content (AvgIpc) is 3.07. The Bertz CT molecular complexity index is 844. The van der Waals surface area contributed by atoms with E-state index in [9.17, 15) is 4.79 Å². The molecule has 134 valence electrons.